The third-order valence-electron chi connectivity index (χ3n) is 4.97. The summed E-state index contributed by atoms with van der Waals surface area (Å²) >= 11 is 0. The standard InChI is InChI=1S/C20H25N3O4/c1-22-12-17(19(21-22)14-6-4-3-5-7-14)20(26)23(2)15-8-10-16(11-9-15)27-13-18(24)25/h8-12,14H,3-7,13H2,1-2H3,(H,24,25). The Bertz CT molecular complexity index is 807. The Hall–Kier alpha value is -2.83. The first kappa shape index (κ1) is 18.9. The lowest BCUT2D eigenvalue weighted by molar-refractivity contribution is -0.139. The monoisotopic (exact) mass is 371 g/mol. The van der Waals surface area contributed by atoms with E-state index in [2.05, 4.69) is 5.10 Å². The number of aliphatic carboxylic acids is 1. The first-order chi connectivity index (χ1) is 13.0. The van der Waals surface area contributed by atoms with Crippen LogP contribution in [0.4, 0.5) is 5.69 Å². The molecule has 1 fully saturated rings. The van der Waals surface area contributed by atoms with E-state index in [0.29, 0.717) is 22.9 Å². The molecule has 0 unspecified atom stereocenters. The maximum Gasteiger partial charge on any atom is 0.341 e. The number of carboxylic acid groups (broad SMARTS) is 1. The van der Waals surface area contributed by atoms with Crippen LogP contribution in [0.3, 0.4) is 0 Å². The maximum absolute atomic E-state index is 13.1. The van der Waals surface area contributed by atoms with Gasteiger partial charge >= 0.3 is 5.97 Å². The van der Waals surface area contributed by atoms with Crippen LogP contribution in [-0.4, -0.2) is 40.4 Å². The average molecular weight is 371 g/mol. The molecule has 1 heterocycles. The zero-order valence-corrected chi connectivity index (χ0v) is 15.7. The highest BCUT2D eigenvalue weighted by Crippen LogP contribution is 2.34. The third-order valence-corrected chi connectivity index (χ3v) is 4.97. The van der Waals surface area contributed by atoms with Gasteiger partial charge in [-0.1, -0.05) is 19.3 Å². The molecule has 1 amide bonds. The summed E-state index contributed by atoms with van der Waals surface area (Å²) in [5.74, 6) is -0.327. The van der Waals surface area contributed by atoms with Gasteiger partial charge in [0.2, 0.25) is 0 Å². The second-order valence-electron chi connectivity index (χ2n) is 6.98. The van der Waals surface area contributed by atoms with Gasteiger partial charge in [-0.05, 0) is 37.1 Å². The summed E-state index contributed by atoms with van der Waals surface area (Å²) in [5, 5.41) is 13.2. The summed E-state index contributed by atoms with van der Waals surface area (Å²) in [4.78, 5) is 25.2. The molecule has 0 bridgehead atoms. The number of nitrogens with zero attached hydrogens (tertiary/aromatic N) is 3. The van der Waals surface area contributed by atoms with Gasteiger partial charge in [-0.25, -0.2) is 4.79 Å². The minimum Gasteiger partial charge on any atom is -0.482 e. The van der Waals surface area contributed by atoms with Crippen LogP contribution in [-0.2, 0) is 11.8 Å². The van der Waals surface area contributed by atoms with Crippen molar-refractivity contribution < 1.29 is 19.4 Å². The number of aromatic nitrogens is 2. The molecule has 1 aliphatic carbocycles. The SMILES string of the molecule is CN(C(=O)c1cn(C)nc1C1CCCCC1)c1ccc(OCC(=O)O)cc1. The highest BCUT2D eigenvalue weighted by Gasteiger charge is 2.26. The molecule has 7 nitrogen and oxygen atoms in total. The number of ether oxygens (including phenoxy) is 1. The lowest BCUT2D eigenvalue weighted by Gasteiger charge is -2.22. The Labute approximate surface area is 158 Å². The van der Waals surface area contributed by atoms with Crippen LogP contribution in [0.1, 0.15) is 54.1 Å². The normalized spacial score (nSPS) is 14.7. The van der Waals surface area contributed by atoms with E-state index in [1.807, 2.05) is 7.05 Å². The zero-order chi connectivity index (χ0) is 19.4. The average Bonchev–Trinajstić information content (AvgIpc) is 3.08. The fraction of sp³-hybridized carbons (Fsp3) is 0.450. The van der Waals surface area contributed by atoms with Gasteiger partial charge in [0.15, 0.2) is 6.61 Å². The summed E-state index contributed by atoms with van der Waals surface area (Å²) in [6, 6.07) is 6.80. The largest absolute Gasteiger partial charge is 0.482 e. The molecule has 0 radical (unpaired) electrons. The number of hydrogen-bond acceptors (Lipinski definition) is 4. The molecule has 1 aromatic carbocycles. The molecule has 1 aliphatic rings. The Morgan fingerprint density at radius 3 is 2.52 bits per heavy atom. The third kappa shape index (κ3) is 4.48. The Balaban J connectivity index is 1.76. The fourth-order valence-corrected chi connectivity index (χ4v) is 3.56. The smallest absolute Gasteiger partial charge is 0.341 e. The Morgan fingerprint density at radius 1 is 1.22 bits per heavy atom. The molecule has 7 heteroatoms. The van der Waals surface area contributed by atoms with E-state index in [-0.39, 0.29) is 5.91 Å². The van der Waals surface area contributed by atoms with E-state index in [9.17, 15) is 9.59 Å². The molecule has 1 aromatic heterocycles. The highest BCUT2D eigenvalue weighted by atomic mass is 16.5. The minimum atomic E-state index is -1.03. The number of hydrogen-bond donors (Lipinski definition) is 1. The van der Waals surface area contributed by atoms with E-state index in [4.69, 9.17) is 9.84 Å². The van der Waals surface area contributed by atoms with Crippen molar-refractivity contribution in [2.24, 2.45) is 7.05 Å². The molecule has 3 rings (SSSR count). The van der Waals surface area contributed by atoms with Crippen molar-refractivity contribution >= 4 is 17.6 Å². The topological polar surface area (TPSA) is 84.7 Å². The zero-order valence-electron chi connectivity index (χ0n) is 15.7. The van der Waals surface area contributed by atoms with Gasteiger partial charge in [0, 0.05) is 31.9 Å². The van der Waals surface area contributed by atoms with Crippen LogP contribution in [0.25, 0.3) is 0 Å². The van der Waals surface area contributed by atoms with Crippen LogP contribution < -0.4 is 9.64 Å². The molecule has 1 N–H and O–H groups in total. The van der Waals surface area contributed by atoms with Crippen LogP contribution in [0, 0.1) is 0 Å². The van der Waals surface area contributed by atoms with Gasteiger partial charge in [-0.3, -0.25) is 9.48 Å². The molecule has 27 heavy (non-hydrogen) atoms. The Morgan fingerprint density at radius 2 is 1.89 bits per heavy atom. The molecule has 144 valence electrons. The van der Waals surface area contributed by atoms with Crippen molar-refractivity contribution in [2.45, 2.75) is 38.0 Å². The van der Waals surface area contributed by atoms with Crippen molar-refractivity contribution in [1.82, 2.24) is 9.78 Å². The van der Waals surface area contributed by atoms with Crippen LogP contribution in [0.2, 0.25) is 0 Å². The summed E-state index contributed by atoms with van der Waals surface area (Å²) in [7, 11) is 3.57. The van der Waals surface area contributed by atoms with Gasteiger partial charge in [0.25, 0.3) is 5.91 Å². The molecule has 0 spiro atoms. The van der Waals surface area contributed by atoms with Crippen molar-refractivity contribution in [3.8, 4) is 5.75 Å². The predicted molar refractivity (Wildman–Crippen MR) is 101 cm³/mol. The molecule has 0 atom stereocenters. The number of benzene rings is 1. The fourth-order valence-electron chi connectivity index (χ4n) is 3.56. The first-order valence-corrected chi connectivity index (χ1v) is 9.22. The van der Waals surface area contributed by atoms with Gasteiger partial charge in [0.1, 0.15) is 5.75 Å². The number of rotatable bonds is 6. The maximum atomic E-state index is 13.1. The van der Waals surface area contributed by atoms with Gasteiger partial charge in [0.05, 0.1) is 11.3 Å². The number of carboxylic acids is 1. The van der Waals surface area contributed by atoms with Crippen LogP contribution in [0.5, 0.6) is 5.75 Å². The van der Waals surface area contributed by atoms with Crippen molar-refractivity contribution in [3.05, 3.63) is 41.7 Å². The number of aryl methyl sites for hydroxylation is 1. The molecular formula is C20H25N3O4. The number of carbonyl (C=O) groups excluding carboxylic acids is 1. The van der Waals surface area contributed by atoms with E-state index in [1.165, 1.54) is 19.3 Å². The molecular weight excluding hydrogens is 346 g/mol. The summed E-state index contributed by atoms with van der Waals surface area (Å²) in [5.41, 5.74) is 2.26. The summed E-state index contributed by atoms with van der Waals surface area (Å²) < 4.78 is 6.85. The van der Waals surface area contributed by atoms with Crippen LogP contribution >= 0.6 is 0 Å². The van der Waals surface area contributed by atoms with E-state index < -0.39 is 12.6 Å². The van der Waals surface area contributed by atoms with Crippen molar-refractivity contribution in [2.75, 3.05) is 18.6 Å². The van der Waals surface area contributed by atoms with Gasteiger partial charge < -0.3 is 14.7 Å². The van der Waals surface area contributed by atoms with Gasteiger partial charge in [-0.2, -0.15) is 5.10 Å². The lowest BCUT2D eigenvalue weighted by atomic mass is 9.85. The second-order valence-corrected chi connectivity index (χ2v) is 6.98. The second kappa shape index (κ2) is 8.24. The van der Waals surface area contributed by atoms with Gasteiger partial charge in [-0.15, -0.1) is 0 Å². The highest BCUT2D eigenvalue weighted by molar-refractivity contribution is 6.06. The number of carbonyl (C=O) groups is 2. The summed E-state index contributed by atoms with van der Waals surface area (Å²) in [6.07, 6.45) is 7.58. The lowest BCUT2D eigenvalue weighted by Crippen LogP contribution is -2.27. The van der Waals surface area contributed by atoms with Crippen LogP contribution in [0.15, 0.2) is 30.5 Å². The number of amides is 1. The first-order valence-electron chi connectivity index (χ1n) is 9.22. The molecule has 2 aromatic rings. The molecule has 0 aliphatic heterocycles. The molecule has 1 saturated carbocycles. The van der Waals surface area contributed by atoms with Crippen molar-refractivity contribution in [1.29, 1.82) is 0 Å². The quantitative estimate of drug-likeness (QED) is 0.843. The summed E-state index contributed by atoms with van der Waals surface area (Å²) in [6.45, 7) is -0.394. The Kier molecular flexibility index (Phi) is 5.78. The van der Waals surface area contributed by atoms with E-state index in [1.54, 1.807) is 47.1 Å². The predicted octanol–water partition coefficient (Wildman–Crippen LogP) is 3.21. The molecule has 0 saturated heterocycles. The minimum absolute atomic E-state index is 0.0946. The number of anilines is 1. The van der Waals surface area contributed by atoms with E-state index in [0.717, 1.165) is 18.5 Å². The van der Waals surface area contributed by atoms with E-state index >= 15 is 0 Å². The van der Waals surface area contributed by atoms with Crippen molar-refractivity contribution in [3.63, 3.8) is 0 Å².